The normalized spacial score (nSPS) is 23.6. The molecule has 1 saturated carbocycles. The van der Waals surface area contributed by atoms with Gasteiger partial charge in [-0.15, -0.1) is 0 Å². The van der Waals surface area contributed by atoms with Gasteiger partial charge in [-0.1, -0.05) is 13.0 Å². The van der Waals surface area contributed by atoms with E-state index >= 15 is 0 Å². The third-order valence-electron chi connectivity index (χ3n) is 3.37. The Hall–Kier alpha value is -1.07. The minimum atomic E-state index is -3.41. The van der Waals surface area contributed by atoms with Crippen LogP contribution in [0.15, 0.2) is 23.1 Å². The van der Waals surface area contributed by atoms with Crippen molar-refractivity contribution in [3.63, 3.8) is 0 Å². The van der Waals surface area contributed by atoms with Crippen LogP contribution >= 0.6 is 0 Å². The minimum Gasteiger partial charge on any atom is -0.398 e. The van der Waals surface area contributed by atoms with Gasteiger partial charge >= 0.3 is 0 Å². The Labute approximate surface area is 102 Å². The molecule has 0 spiro atoms. The van der Waals surface area contributed by atoms with E-state index in [4.69, 9.17) is 5.73 Å². The number of sulfonamides is 1. The van der Waals surface area contributed by atoms with Crippen LogP contribution in [0.25, 0.3) is 0 Å². The first kappa shape index (κ1) is 12.4. The summed E-state index contributed by atoms with van der Waals surface area (Å²) in [5.74, 6) is 1.13. The Kier molecular flexibility index (Phi) is 3.14. The highest BCUT2D eigenvalue weighted by Gasteiger charge is 2.33. The van der Waals surface area contributed by atoms with E-state index in [1.54, 1.807) is 12.1 Å². The van der Waals surface area contributed by atoms with E-state index in [2.05, 4.69) is 11.6 Å². The Bertz CT molecular complexity index is 525. The quantitative estimate of drug-likeness (QED) is 0.800. The van der Waals surface area contributed by atoms with E-state index in [0.717, 1.165) is 12.0 Å². The van der Waals surface area contributed by atoms with Gasteiger partial charge in [0.05, 0.1) is 4.90 Å². The summed E-state index contributed by atoms with van der Waals surface area (Å²) in [5, 5.41) is 0. The molecule has 94 valence electrons. The number of rotatable bonds is 4. The first-order valence-electron chi connectivity index (χ1n) is 5.76. The highest BCUT2D eigenvalue weighted by molar-refractivity contribution is 7.89. The lowest BCUT2D eigenvalue weighted by Gasteiger charge is -2.08. The zero-order valence-electron chi connectivity index (χ0n) is 10.1. The van der Waals surface area contributed by atoms with Gasteiger partial charge in [0, 0.05) is 12.2 Å². The van der Waals surface area contributed by atoms with E-state index in [1.165, 1.54) is 6.07 Å². The summed E-state index contributed by atoms with van der Waals surface area (Å²) in [5.41, 5.74) is 7.11. The molecule has 17 heavy (non-hydrogen) atoms. The van der Waals surface area contributed by atoms with Gasteiger partial charge in [0.15, 0.2) is 0 Å². The number of benzene rings is 1. The van der Waals surface area contributed by atoms with Crippen LogP contribution in [0.4, 0.5) is 5.69 Å². The smallest absolute Gasteiger partial charge is 0.240 e. The molecule has 0 saturated heterocycles. The number of anilines is 1. The molecule has 1 aromatic carbocycles. The van der Waals surface area contributed by atoms with Gasteiger partial charge < -0.3 is 5.73 Å². The van der Waals surface area contributed by atoms with Gasteiger partial charge in [0.25, 0.3) is 0 Å². The molecule has 2 rings (SSSR count). The lowest BCUT2D eigenvalue weighted by Crippen LogP contribution is -2.26. The van der Waals surface area contributed by atoms with Crippen molar-refractivity contribution in [3.8, 4) is 0 Å². The van der Waals surface area contributed by atoms with Crippen molar-refractivity contribution < 1.29 is 8.42 Å². The molecule has 4 nitrogen and oxygen atoms in total. The summed E-state index contributed by atoms with van der Waals surface area (Å²) in [4.78, 5) is 0.244. The summed E-state index contributed by atoms with van der Waals surface area (Å²) >= 11 is 0. The molecule has 1 aromatic rings. The van der Waals surface area contributed by atoms with Crippen molar-refractivity contribution in [1.82, 2.24) is 4.72 Å². The van der Waals surface area contributed by atoms with E-state index in [-0.39, 0.29) is 4.90 Å². The summed E-state index contributed by atoms with van der Waals surface area (Å²) in [6.07, 6.45) is 1.11. The fourth-order valence-electron chi connectivity index (χ4n) is 1.77. The van der Waals surface area contributed by atoms with Crippen molar-refractivity contribution in [3.05, 3.63) is 23.8 Å². The molecule has 1 aliphatic carbocycles. The van der Waals surface area contributed by atoms with Crippen LogP contribution in [0.3, 0.4) is 0 Å². The Morgan fingerprint density at radius 2 is 2.12 bits per heavy atom. The summed E-state index contributed by atoms with van der Waals surface area (Å²) in [7, 11) is -3.41. The zero-order valence-corrected chi connectivity index (χ0v) is 10.9. The first-order chi connectivity index (χ1) is 7.90. The molecule has 2 atom stereocenters. The van der Waals surface area contributed by atoms with Crippen molar-refractivity contribution >= 4 is 15.7 Å². The highest BCUT2D eigenvalue weighted by Crippen LogP contribution is 2.37. The molecule has 0 aliphatic heterocycles. The van der Waals surface area contributed by atoms with Crippen molar-refractivity contribution in [1.29, 1.82) is 0 Å². The van der Waals surface area contributed by atoms with E-state index < -0.39 is 10.0 Å². The van der Waals surface area contributed by atoms with Gasteiger partial charge in [-0.2, -0.15) is 0 Å². The molecule has 1 fully saturated rings. The number of hydrogen-bond donors (Lipinski definition) is 2. The second kappa shape index (κ2) is 4.31. The SMILES string of the molecule is Cc1ccc(S(=O)(=O)NCC2CC2C)cc1N. The maximum atomic E-state index is 12.0. The minimum absolute atomic E-state index is 0.244. The Morgan fingerprint density at radius 1 is 1.47 bits per heavy atom. The average Bonchev–Trinajstić information content (AvgIpc) is 2.96. The molecule has 1 aliphatic rings. The van der Waals surface area contributed by atoms with Crippen molar-refractivity contribution in [2.75, 3.05) is 12.3 Å². The van der Waals surface area contributed by atoms with E-state index in [0.29, 0.717) is 24.1 Å². The maximum Gasteiger partial charge on any atom is 0.240 e. The number of nitrogens with two attached hydrogens (primary N) is 1. The molecule has 0 heterocycles. The maximum absolute atomic E-state index is 12.0. The summed E-state index contributed by atoms with van der Waals surface area (Å²) in [6, 6.07) is 4.82. The first-order valence-corrected chi connectivity index (χ1v) is 7.24. The predicted octanol–water partition coefficient (Wildman–Crippen LogP) is 1.51. The molecular formula is C12H18N2O2S. The van der Waals surface area contributed by atoms with Crippen LogP contribution in [0.1, 0.15) is 18.9 Å². The number of nitrogens with one attached hydrogen (secondary N) is 1. The van der Waals surface area contributed by atoms with Gasteiger partial charge in [-0.05, 0) is 42.9 Å². The Balaban J connectivity index is 2.10. The number of hydrogen-bond acceptors (Lipinski definition) is 3. The lowest BCUT2D eigenvalue weighted by molar-refractivity contribution is 0.574. The van der Waals surface area contributed by atoms with E-state index in [1.807, 2.05) is 6.92 Å². The highest BCUT2D eigenvalue weighted by atomic mass is 32.2. The van der Waals surface area contributed by atoms with Crippen LogP contribution in [0.5, 0.6) is 0 Å². The van der Waals surface area contributed by atoms with Crippen LogP contribution in [0, 0.1) is 18.8 Å². The second-order valence-corrected chi connectivity index (χ2v) is 6.61. The third-order valence-corrected chi connectivity index (χ3v) is 4.79. The van der Waals surface area contributed by atoms with Crippen LogP contribution in [0.2, 0.25) is 0 Å². The van der Waals surface area contributed by atoms with Crippen LogP contribution < -0.4 is 10.5 Å². The summed E-state index contributed by atoms with van der Waals surface area (Å²) in [6.45, 7) is 4.51. The van der Waals surface area contributed by atoms with Gasteiger partial charge in [0.2, 0.25) is 10.0 Å². The molecule has 0 radical (unpaired) electrons. The largest absolute Gasteiger partial charge is 0.398 e. The molecule has 3 N–H and O–H groups in total. The monoisotopic (exact) mass is 254 g/mol. The number of nitrogen functional groups attached to an aromatic ring is 1. The molecule has 0 amide bonds. The van der Waals surface area contributed by atoms with Gasteiger partial charge in [0.1, 0.15) is 0 Å². The molecular weight excluding hydrogens is 236 g/mol. The topological polar surface area (TPSA) is 72.2 Å². The third kappa shape index (κ3) is 2.79. The molecule has 5 heteroatoms. The zero-order chi connectivity index (χ0) is 12.6. The van der Waals surface area contributed by atoms with Gasteiger partial charge in [-0.3, -0.25) is 0 Å². The Morgan fingerprint density at radius 3 is 2.65 bits per heavy atom. The number of aryl methyl sites for hydroxylation is 1. The fourth-order valence-corrected chi connectivity index (χ4v) is 2.90. The molecule has 2 unspecified atom stereocenters. The lowest BCUT2D eigenvalue weighted by atomic mass is 10.2. The van der Waals surface area contributed by atoms with Gasteiger partial charge in [-0.25, -0.2) is 13.1 Å². The molecule has 0 aromatic heterocycles. The van der Waals surface area contributed by atoms with Crippen molar-refractivity contribution in [2.45, 2.75) is 25.2 Å². The standard InChI is InChI=1S/C12H18N2O2S/c1-8-3-4-11(6-12(8)13)17(15,16)14-7-10-5-9(10)2/h3-4,6,9-10,14H,5,7,13H2,1-2H3. The second-order valence-electron chi connectivity index (χ2n) is 4.84. The van der Waals surface area contributed by atoms with Crippen LogP contribution in [-0.4, -0.2) is 15.0 Å². The average molecular weight is 254 g/mol. The fraction of sp³-hybridized carbons (Fsp3) is 0.500. The molecule has 0 bridgehead atoms. The van der Waals surface area contributed by atoms with E-state index in [9.17, 15) is 8.42 Å². The summed E-state index contributed by atoms with van der Waals surface area (Å²) < 4.78 is 26.6. The van der Waals surface area contributed by atoms with Crippen LogP contribution in [-0.2, 0) is 10.0 Å². The predicted molar refractivity (Wildman–Crippen MR) is 68.1 cm³/mol. The van der Waals surface area contributed by atoms with Crippen molar-refractivity contribution in [2.24, 2.45) is 11.8 Å².